The molecule has 0 aliphatic carbocycles. The number of hydrogen-bond acceptors (Lipinski definition) is 4. The molecule has 0 aromatic heterocycles. The molecule has 6 heteroatoms. The third-order valence-corrected chi connectivity index (χ3v) is 5.11. The van der Waals surface area contributed by atoms with Crippen LogP contribution in [0.25, 0.3) is 0 Å². The molecule has 2 aromatic rings. The van der Waals surface area contributed by atoms with Crippen LogP contribution in [0.4, 0.5) is 5.69 Å². The summed E-state index contributed by atoms with van der Waals surface area (Å²) in [5, 5.41) is 3.75. The number of ether oxygens (including phenoxy) is 2. The standard InChI is InChI=1S/C21H25ClN2O3/c1-26-18-9-10-20(27-2)19(12-18)23-21(25)16-4-3-11-24(14-16)13-15-5-7-17(22)8-6-15/h5-10,12,16H,3-4,11,13-14H2,1-2H3,(H,23,25). The molecule has 0 radical (unpaired) electrons. The molecule has 3 rings (SSSR count). The quantitative estimate of drug-likeness (QED) is 0.805. The van der Waals surface area contributed by atoms with Crippen LogP contribution < -0.4 is 14.8 Å². The molecule has 144 valence electrons. The minimum absolute atomic E-state index is 0.0161. The van der Waals surface area contributed by atoms with Gasteiger partial charge in [0.25, 0.3) is 0 Å². The first kappa shape index (κ1) is 19.5. The number of hydrogen-bond donors (Lipinski definition) is 1. The van der Waals surface area contributed by atoms with E-state index in [9.17, 15) is 4.79 Å². The summed E-state index contributed by atoms with van der Waals surface area (Å²) in [5.41, 5.74) is 1.84. The van der Waals surface area contributed by atoms with E-state index in [0.717, 1.165) is 37.5 Å². The first-order valence-electron chi connectivity index (χ1n) is 9.08. The number of nitrogens with one attached hydrogen (secondary N) is 1. The smallest absolute Gasteiger partial charge is 0.228 e. The molecular weight excluding hydrogens is 364 g/mol. The number of amides is 1. The number of likely N-dealkylation sites (tertiary alicyclic amines) is 1. The van der Waals surface area contributed by atoms with Crippen LogP contribution >= 0.6 is 11.6 Å². The van der Waals surface area contributed by atoms with Crippen molar-refractivity contribution >= 4 is 23.2 Å². The maximum Gasteiger partial charge on any atom is 0.228 e. The zero-order valence-electron chi connectivity index (χ0n) is 15.7. The second kappa shape index (κ2) is 9.11. The average Bonchev–Trinajstić information content (AvgIpc) is 2.70. The van der Waals surface area contributed by atoms with Gasteiger partial charge in [0.2, 0.25) is 5.91 Å². The second-order valence-corrected chi connectivity index (χ2v) is 7.19. The molecule has 1 amide bonds. The van der Waals surface area contributed by atoms with Crippen molar-refractivity contribution in [3.8, 4) is 11.5 Å². The summed E-state index contributed by atoms with van der Waals surface area (Å²) >= 11 is 5.96. The average molecular weight is 389 g/mol. The van der Waals surface area contributed by atoms with Crippen LogP contribution in [0.3, 0.4) is 0 Å². The fourth-order valence-electron chi connectivity index (χ4n) is 3.41. The predicted molar refractivity (Wildman–Crippen MR) is 108 cm³/mol. The minimum Gasteiger partial charge on any atom is -0.497 e. The Morgan fingerprint density at radius 3 is 2.67 bits per heavy atom. The van der Waals surface area contributed by atoms with Crippen molar-refractivity contribution in [2.75, 3.05) is 32.6 Å². The normalized spacial score (nSPS) is 17.4. The first-order chi connectivity index (χ1) is 13.1. The van der Waals surface area contributed by atoms with E-state index in [0.29, 0.717) is 17.2 Å². The molecule has 1 fully saturated rings. The van der Waals surface area contributed by atoms with Gasteiger partial charge >= 0.3 is 0 Å². The van der Waals surface area contributed by atoms with Gasteiger partial charge in [0, 0.05) is 24.2 Å². The third-order valence-electron chi connectivity index (χ3n) is 4.86. The van der Waals surface area contributed by atoms with Gasteiger partial charge in [-0.05, 0) is 49.2 Å². The zero-order valence-corrected chi connectivity index (χ0v) is 16.5. The van der Waals surface area contributed by atoms with Crippen LogP contribution in [0.2, 0.25) is 5.02 Å². The highest BCUT2D eigenvalue weighted by Crippen LogP contribution is 2.30. The molecule has 1 N–H and O–H groups in total. The molecule has 1 unspecified atom stereocenters. The van der Waals surface area contributed by atoms with Crippen molar-refractivity contribution in [1.29, 1.82) is 0 Å². The number of benzene rings is 2. The van der Waals surface area contributed by atoms with Gasteiger partial charge in [-0.3, -0.25) is 9.69 Å². The van der Waals surface area contributed by atoms with E-state index in [-0.39, 0.29) is 11.8 Å². The van der Waals surface area contributed by atoms with Crippen molar-refractivity contribution in [2.24, 2.45) is 5.92 Å². The summed E-state index contributed by atoms with van der Waals surface area (Å²) in [6.45, 7) is 2.55. The van der Waals surface area contributed by atoms with Crippen molar-refractivity contribution in [3.05, 3.63) is 53.1 Å². The highest BCUT2D eigenvalue weighted by molar-refractivity contribution is 6.30. The Hall–Kier alpha value is -2.24. The lowest BCUT2D eigenvalue weighted by Crippen LogP contribution is -2.40. The molecule has 27 heavy (non-hydrogen) atoms. The van der Waals surface area contributed by atoms with E-state index in [4.69, 9.17) is 21.1 Å². The van der Waals surface area contributed by atoms with Crippen LogP contribution in [0.15, 0.2) is 42.5 Å². The van der Waals surface area contributed by atoms with Gasteiger partial charge in [0.05, 0.1) is 25.8 Å². The lowest BCUT2D eigenvalue weighted by Gasteiger charge is -2.32. The molecule has 0 spiro atoms. The molecule has 1 aliphatic rings. The van der Waals surface area contributed by atoms with Crippen molar-refractivity contribution < 1.29 is 14.3 Å². The van der Waals surface area contributed by atoms with Gasteiger partial charge in [0.15, 0.2) is 0 Å². The minimum atomic E-state index is -0.0537. The maximum atomic E-state index is 12.8. The van der Waals surface area contributed by atoms with Gasteiger partial charge in [0.1, 0.15) is 11.5 Å². The topological polar surface area (TPSA) is 50.8 Å². The number of piperidine rings is 1. The van der Waals surface area contributed by atoms with Gasteiger partial charge in [-0.2, -0.15) is 0 Å². The number of carbonyl (C=O) groups is 1. The monoisotopic (exact) mass is 388 g/mol. The molecule has 2 aromatic carbocycles. The Morgan fingerprint density at radius 2 is 1.96 bits per heavy atom. The Balaban J connectivity index is 1.63. The Labute approximate surface area is 165 Å². The van der Waals surface area contributed by atoms with E-state index in [2.05, 4.69) is 10.2 Å². The van der Waals surface area contributed by atoms with Crippen LogP contribution in [0.5, 0.6) is 11.5 Å². The number of methoxy groups -OCH3 is 2. The predicted octanol–water partition coefficient (Wildman–Crippen LogP) is 4.21. The van der Waals surface area contributed by atoms with Crippen LogP contribution in [-0.2, 0) is 11.3 Å². The lowest BCUT2D eigenvalue weighted by molar-refractivity contribution is -0.121. The molecule has 1 saturated heterocycles. The molecule has 0 saturated carbocycles. The Bertz CT molecular complexity index is 779. The maximum absolute atomic E-state index is 12.8. The van der Waals surface area contributed by atoms with E-state index < -0.39 is 0 Å². The second-order valence-electron chi connectivity index (χ2n) is 6.76. The number of nitrogens with zero attached hydrogens (tertiary/aromatic N) is 1. The zero-order chi connectivity index (χ0) is 19.2. The van der Waals surface area contributed by atoms with Crippen LogP contribution in [-0.4, -0.2) is 38.1 Å². The van der Waals surface area contributed by atoms with Crippen LogP contribution in [0, 0.1) is 5.92 Å². The van der Waals surface area contributed by atoms with Crippen molar-refractivity contribution in [3.63, 3.8) is 0 Å². The van der Waals surface area contributed by atoms with Gasteiger partial charge in [-0.1, -0.05) is 23.7 Å². The summed E-state index contributed by atoms with van der Waals surface area (Å²) in [5.74, 6) is 1.27. The number of carbonyl (C=O) groups excluding carboxylic acids is 1. The largest absolute Gasteiger partial charge is 0.497 e. The fourth-order valence-corrected chi connectivity index (χ4v) is 3.53. The Morgan fingerprint density at radius 1 is 1.19 bits per heavy atom. The summed E-state index contributed by atoms with van der Waals surface area (Å²) in [6, 6.07) is 13.3. The number of rotatable bonds is 6. The summed E-state index contributed by atoms with van der Waals surface area (Å²) < 4.78 is 10.6. The lowest BCUT2D eigenvalue weighted by atomic mass is 9.96. The third kappa shape index (κ3) is 5.15. The first-order valence-corrected chi connectivity index (χ1v) is 9.46. The van der Waals surface area contributed by atoms with Crippen molar-refractivity contribution in [1.82, 2.24) is 4.90 Å². The molecular formula is C21H25ClN2O3. The number of halogens is 1. The van der Waals surface area contributed by atoms with Gasteiger partial charge in [-0.15, -0.1) is 0 Å². The molecule has 1 heterocycles. The fraction of sp³-hybridized carbons (Fsp3) is 0.381. The van der Waals surface area contributed by atoms with E-state index in [1.54, 1.807) is 26.4 Å². The highest BCUT2D eigenvalue weighted by Gasteiger charge is 2.26. The summed E-state index contributed by atoms with van der Waals surface area (Å²) in [6.07, 6.45) is 1.89. The van der Waals surface area contributed by atoms with E-state index in [1.165, 1.54) is 5.56 Å². The Kier molecular flexibility index (Phi) is 6.58. The van der Waals surface area contributed by atoms with E-state index in [1.807, 2.05) is 30.3 Å². The summed E-state index contributed by atoms with van der Waals surface area (Å²) in [7, 11) is 3.19. The highest BCUT2D eigenvalue weighted by atomic mass is 35.5. The number of anilines is 1. The summed E-state index contributed by atoms with van der Waals surface area (Å²) in [4.78, 5) is 15.1. The molecule has 0 bridgehead atoms. The van der Waals surface area contributed by atoms with Crippen molar-refractivity contribution in [2.45, 2.75) is 19.4 Å². The van der Waals surface area contributed by atoms with Gasteiger partial charge < -0.3 is 14.8 Å². The van der Waals surface area contributed by atoms with Gasteiger partial charge in [-0.25, -0.2) is 0 Å². The molecule has 1 aliphatic heterocycles. The van der Waals surface area contributed by atoms with Crippen LogP contribution in [0.1, 0.15) is 18.4 Å². The van der Waals surface area contributed by atoms with E-state index >= 15 is 0 Å². The SMILES string of the molecule is COc1ccc(OC)c(NC(=O)C2CCCN(Cc3ccc(Cl)cc3)C2)c1. The molecule has 5 nitrogen and oxygen atoms in total. The molecule has 1 atom stereocenters.